The van der Waals surface area contributed by atoms with Crippen LogP contribution < -0.4 is 5.32 Å². The minimum absolute atomic E-state index is 0.0527. The highest BCUT2D eigenvalue weighted by Gasteiger charge is 2.12. The lowest BCUT2D eigenvalue weighted by molar-refractivity contribution is 0.0940. The number of halogens is 1. The van der Waals surface area contributed by atoms with Crippen LogP contribution in [0.4, 0.5) is 0 Å². The molecule has 1 unspecified atom stereocenters. The number of hydrogen-bond donors (Lipinski definition) is 2. The van der Waals surface area contributed by atoms with Gasteiger partial charge in [0.1, 0.15) is 0 Å². The zero-order valence-corrected chi connectivity index (χ0v) is 13.0. The van der Waals surface area contributed by atoms with Gasteiger partial charge in [0.15, 0.2) is 0 Å². The third-order valence-corrected chi connectivity index (χ3v) is 3.93. The van der Waals surface area contributed by atoms with E-state index in [4.69, 9.17) is 0 Å². The van der Waals surface area contributed by atoms with Crippen LogP contribution in [-0.2, 0) is 0 Å². The Morgan fingerprint density at radius 3 is 2.76 bits per heavy atom. The molecule has 0 saturated heterocycles. The maximum atomic E-state index is 12.3. The maximum absolute atomic E-state index is 12.3. The van der Waals surface area contributed by atoms with Crippen molar-refractivity contribution in [2.45, 2.75) is 13.0 Å². The molecular formula is C16H14BrN3O. The van der Waals surface area contributed by atoms with Gasteiger partial charge in [0.2, 0.25) is 0 Å². The number of hydrogen-bond acceptors (Lipinski definition) is 2. The van der Waals surface area contributed by atoms with Gasteiger partial charge in [-0.1, -0.05) is 28.1 Å². The average molecular weight is 344 g/mol. The highest BCUT2D eigenvalue weighted by atomic mass is 79.9. The SMILES string of the molecule is CC(NC(=O)c1ccc2nc[nH]c2c1)c1ccc(Br)cc1. The van der Waals surface area contributed by atoms with Crippen molar-refractivity contribution < 1.29 is 4.79 Å². The first-order chi connectivity index (χ1) is 10.1. The Morgan fingerprint density at radius 2 is 2.00 bits per heavy atom. The van der Waals surface area contributed by atoms with E-state index in [9.17, 15) is 4.79 Å². The Hall–Kier alpha value is -2.14. The second kappa shape index (κ2) is 5.69. The van der Waals surface area contributed by atoms with Gasteiger partial charge in [0.05, 0.1) is 23.4 Å². The van der Waals surface area contributed by atoms with Crippen LogP contribution >= 0.6 is 15.9 Å². The molecule has 0 aliphatic rings. The first-order valence-corrected chi connectivity index (χ1v) is 7.42. The molecule has 0 fully saturated rings. The topological polar surface area (TPSA) is 57.8 Å². The lowest BCUT2D eigenvalue weighted by Gasteiger charge is -2.14. The van der Waals surface area contributed by atoms with Gasteiger partial charge in [-0.3, -0.25) is 4.79 Å². The van der Waals surface area contributed by atoms with Crippen LogP contribution in [0.5, 0.6) is 0 Å². The number of nitrogens with zero attached hydrogens (tertiary/aromatic N) is 1. The lowest BCUT2D eigenvalue weighted by Crippen LogP contribution is -2.26. The highest BCUT2D eigenvalue weighted by molar-refractivity contribution is 9.10. The van der Waals surface area contributed by atoms with Crippen LogP contribution in [0.15, 0.2) is 53.3 Å². The molecule has 3 aromatic rings. The summed E-state index contributed by atoms with van der Waals surface area (Å²) in [6.07, 6.45) is 1.62. The molecule has 0 spiro atoms. The van der Waals surface area contributed by atoms with E-state index in [1.54, 1.807) is 12.4 Å². The van der Waals surface area contributed by atoms with Crippen molar-refractivity contribution in [1.82, 2.24) is 15.3 Å². The number of aromatic amines is 1. The van der Waals surface area contributed by atoms with Crippen LogP contribution in [-0.4, -0.2) is 15.9 Å². The second-order valence-corrected chi connectivity index (χ2v) is 5.80. The van der Waals surface area contributed by atoms with Crippen LogP contribution in [0.25, 0.3) is 11.0 Å². The van der Waals surface area contributed by atoms with Crippen molar-refractivity contribution in [3.05, 3.63) is 64.4 Å². The van der Waals surface area contributed by atoms with Crippen molar-refractivity contribution in [2.24, 2.45) is 0 Å². The van der Waals surface area contributed by atoms with Gasteiger partial charge in [-0.2, -0.15) is 0 Å². The molecule has 1 aromatic heterocycles. The molecule has 2 aromatic carbocycles. The zero-order chi connectivity index (χ0) is 14.8. The van der Waals surface area contributed by atoms with Crippen molar-refractivity contribution >= 4 is 32.9 Å². The highest BCUT2D eigenvalue weighted by Crippen LogP contribution is 2.18. The summed E-state index contributed by atoms with van der Waals surface area (Å²) in [6, 6.07) is 13.3. The zero-order valence-electron chi connectivity index (χ0n) is 11.4. The fourth-order valence-electron chi connectivity index (χ4n) is 2.19. The summed E-state index contributed by atoms with van der Waals surface area (Å²) in [5, 5.41) is 3.00. The van der Waals surface area contributed by atoms with E-state index in [1.165, 1.54) is 0 Å². The first-order valence-electron chi connectivity index (χ1n) is 6.63. The van der Waals surface area contributed by atoms with E-state index in [0.29, 0.717) is 5.56 Å². The molecule has 106 valence electrons. The summed E-state index contributed by atoms with van der Waals surface area (Å²) >= 11 is 3.40. The number of nitrogens with one attached hydrogen (secondary N) is 2. The number of imidazole rings is 1. The Kier molecular flexibility index (Phi) is 3.75. The van der Waals surface area contributed by atoms with E-state index in [2.05, 4.69) is 31.2 Å². The number of amides is 1. The molecule has 5 heteroatoms. The number of carbonyl (C=O) groups is 1. The molecule has 1 atom stereocenters. The fraction of sp³-hybridized carbons (Fsp3) is 0.125. The van der Waals surface area contributed by atoms with Crippen molar-refractivity contribution in [2.75, 3.05) is 0 Å². The van der Waals surface area contributed by atoms with Crippen molar-refractivity contribution in [1.29, 1.82) is 0 Å². The Labute approximate surface area is 130 Å². The first kappa shape index (κ1) is 13.8. The molecular weight excluding hydrogens is 330 g/mol. The van der Waals surface area contributed by atoms with E-state index >= 15 is 0 Å². The molecule has 1 heterocycles. The van der Waals surface area contributed by atoms with Gasteiger partial charge >= 0.3 is 0 Å². The molecule has 0 bridgehead atoms. The third-order valence-electron chi connectivity index (χ3n) is 3.40. The summed E-state index contributed by atoms with van der Waals surface area (Å²) in [4.78, 5) is 19.5. The predicted octanol–water partition coefficient (Wildman–Crippen LogP) is 3.82. The van der Waals surface area contributed by atoms with Gasteiger partial charge in [-0.05, 0) is 42.8 Å². The van der Waals surface area contributed by atoms with Gasteiger partial charge < -0.3 is 10.3 Å². The van der Waals surface area contributed by atoms with E-state index in [0.717, 1.165) is 21.1 Å². The normalized spacial score (nSPS) is 12.3. The number of aromatic nitrogens is 2. The summed E-state index contributed by atoms with van der Waals surface area (Å²) < 4.78 is 1.02. The van der Waals surface area contributed by atoms with Gasteiger partial charge in [0.25, 0.3) is 5.91 Å². The summed E-state index contributed by atoms with van der Waals surface area (Å²) in [5.41, 5.74) is 3.40. The smallest absolute Gasteiger partial charge is 0.251 e. The van der Waals surface area contributed by atoms with Crippen LogP contribution in [0, 0.1) is 0 Å². The fourth-order valence-corrected chi connectivity index (χ4v) is 2.46. The van der Waals surface area contributed by atoms with Crippen LogP contribution in [0.2, 0.25) is 0 Å². The summed E-state index contributed by atoms with van der Waals surface area (Å²) in [6.45, 7) is 1.97. The molecule has 2 N–H and O–H groups in total. The monoisotopic (exact) mass is 343 g/mol. The van der Waals surface area contributed by atoms with Crippen molar-refractivity contribution in [3.8, 4) is 0 Å². The number of carbonyl (C=O) groups excluding carboxylic acids is 1. The molecule has 4 nitrogen and oxygen atoms in total. The Morgan fingerprint density at radius 1 is 1.24 bits per heavy atom. The number of benzene rings is 2. The predicted molar refractivity (Wildman–Crippen MR) is 86.1 cm³/mol. The number of rotatable bonds is 3. The van der Waals surface area contributed by atoms with E-state index < -0.39 is 0 Å². The molecule has 1 amide bonds. The molecule has 21 heavy (non-hydrogen) atoms. The van der Waals surface area contributed by atoms with Gasteiger partial charge in [-0.25, -0.2) is 4.98 Å². The number of fused-ring (bicyclic) bond motifs is 1. The Balaban J connectivity index is 1.77. The molecule has 0 saturated carbocycles. The standard InChI is InChI=1S/C16H14BrN3O/c1-10(11-2-5-13(17)6-3-11)20-16(21)12-4-7-14-15(8-12)19-9-18-14/h2-10H,1H3,(H,18,19)(H,20,21). The maximum Gasteiger partial charge on any atom is 0.251 e. The van der Waals surface area contributed by atoms with Gasteiger partial charge in [-0.15, -0.1) is 0 Å². The van der Waals surface area contributed by atoms with Crippen molar-refractivity contribution in [3.63, 3.8) is 0 Å². The minimum atomic E-state index is -0.0954. The average Bonchev–Trinajstić information content (AvgIpc) is 2.95. The molecule has 3 rings (SSSR count). The second-order valence-electron chi connectivity index (χ2n) is 4.88. The minimum Gasteiger partial charge on any atom is -0.346 e. The summed E-state index contributed by atoms with van der Waals surface area (Å²) in [7, 11) is 0. The molecule has 0 aliphatic carbocycles. The van der Waals surface area contributed by atoms with Crippen LogP contribution in [0.1, 0.15) is 28.9 Å². The van der Waals surface area contributed by atoms with Crippen LogP contribution in [0.3, 0.4) is 0 Å². The van der Waals surface area contributed by atoms with E-state index in [1.807, 2.05) is 43.3 Å². The Bertz CT molecular complexity index is 780. The number of H-pyrrole nitrogens is 1. The molecule has 0 radical (unpaired) electrons. The third kappa shape index (κ3) is 2.97. The van der Waals surface area contributed by atoms with E-state index in [-0.39, 0.29) is 11.9 Å². The van der Waals surface area contributed by atoms with Gasteiger partial charge in [0, 0.05) is 10.0 Å². The lowest BCUT2D eigenvalue weighted by atomic mass is 10.1. The summed E-state index contributed by atoms with van der Waals surface area (Å²) in [5.74, 6) is -0.0954. The quantitative estimate of drug-likeness (QED) is 0.759. The largest absolute Gasteiger partial charge is 0.346 e. The molecule has 0 aliphatic heterocycles.